The van der Waals surface area contributed by atoms with E-state index in [-0.39, 0.29) is 18.1 Å². The SMILES string of the molecule is Cc1cc(C(=O)COC(=O)c2ccnc(N3CCOCC3)n2)c(C)[nH]1. The van der Waals surface area contributed by atoms with Crippen LogP contribution in [0.5, 0.6) is 0 Å². The van der Waals surface area contributed by atoms with Crippen molar-refractivity contribution in [2.24, 2.45) is 0 Å². The third-order valence-electron chi connectivity index (χ3n) is 3.93. The lowest BCUT2D eigenvalue weighted by atomic mass is 10.1. The van der Waals surface area contributed by atoms with Crippen molar-refractivity contribution in [2.45, 2.75) is 13.8 Å². The van der Waals surface area contributed by atoms with Crippen molar-refractivity contribution in [2.75, 3.05) is 37.8 Å². The predicted octanol–water partition coefficient (Wildman–Crippen LogP) is 1.30. The van der Waals surface area contributed by atoms with Crippen LogP contribution in [-0.4, -0.2) is 59.6 Å². The number of aromatic amines is 1. The molecule has 0 spiro atoms. The molecule has 1 aliphatic heterocycles. The van der Waals surface area contributed by atoms with E-state index in [9.17, 15) is 9.59 Å². The summed E-state index contributed by atoms with van der Waals surface area (Å²) in [6.45, 7) is 5.88. The molecule has 1 aliphatic rings. The van der Waals surface area contributed by atoms with Gasteiger partial charge in [-0.2, -0.15) is 0 Å². The van der Waals surface area contributed by atoms with Gasteiger partial charge in [0, 0.05) is 36.2 Å². The van der Waals surface area contributed by atoms with Crippen LogP contribution in [-0.2, 0) is 9.47 Å². The van der Waals surface area contributed by atoms with E-state index >= 15 is 0 Å². The zero-order valence-corrected chi connectivity index (χ0v) is 14.2. The van der Waals surface area contributed by atoms with Crippen LogP contribution >= 0.6 is 0 Å². The quantitative estimate of drug-likeness (QED) is 0.645. The standard InChI is InChI=1S/C17H20N4O4/c1-11-9-13(12(2)19-11)15(22)10-25-16(23)14-3-4-18-17(20-14)21-5-7-24-8-6-21/h3-4,9,19H,5-8,10H2,1-2H3. The minimum atomic E-state index is -0.643. The molecule has 3 rings (SSSR count). The number of carbonyl (C=O) groups excluding carboxylic acids is 2. The fourth-order valence-corrected chi connectivity index (χ4v) is 2.67. The Kier molecular flexibility index (Phi) is 5.08. The number of hydrogen-bond donors (Lipinski definition) is 1. The fourth-order valence-electron chi connectivity index (χ4n) is 2.67. The van der Waals surface area contributed by atoms with E-state index in [0.29, 0.717) is 37.8 Å². The number of aryl methyl sites for hydroxylation is 2. The van der Waals surface area contributed by atoms with Gasteiger partial charge in [0.15, 0.2) is 12.3 Å². The van der Waals surface area contributed by atoms with Gasteiger partial charge < -0.3 is 19.4 Å². The van der Waals surface area contributed by atoms with Crippen LogP contribution in [0.2, 0.25) is 0 Å². The van der Waals surface area contributed by atoms with E-state index in [2.05, 4.69) is 15.0 Å². The molecule has 25 heavy (non-hydrogen) atoms. The number of H-pyrrole nitrogens is 1. The minimum Gasteiger partial charge on any atom is -0.453 e. The summed E-state index contributed by atoms with van der Waals surface area (Å²) in [6, 6.07) is 3.22. The lowest BCUT2D eigenvalue weighted by molar-refractivity contribution is 0.0468. The number of rotatable bonds is 5. The highest BCUT2D eigenvalue weighted by Gasteiger charge is 2.19. The lowest BCUT2D eigenvalue weighted by Crippen LogP contribution is -2.37. The second-order valence-electron chi connectivity index (χ2n) is 5.83. The molecule has 0 bridgehead atoms. The topological polar surface area (TPSA) is 97.4 Å². The summed E-state index contributed by atoms with van der Waals surface area (Å²) in [6.07, 6.45) is 1.51. The van der Waals surface area contributed by atoms with Gasteiger partial charge in [-0.15, -0.1) is 0 Å². The second-order valence-corrected chi connectivity index (χ2v) is 5.83. The second kappa shape index (κ2) is 7.43. The first-order valence-corrected chi connectivity index (χ1v) is 8.07. The van der Waals surface area contributed by atoms with E-state index < -0.39 is 5.97 Å². The van der Waals surface area contributed by atoms with Crippen LogP contribution in [0.15, 0.2) is 18.3 Å². The van der Waals surface area contributed by atoms with Gasteiger partial charge >= 0.3 is 5.97 Å². The number of morpholine rings is 1. The molecule has 0 atom stereocenters. The van der Waals surface area contributed by atoms with E-state index in [0.717, 1.165) is 11.4 Å². The van der Waals surface area contributed by atoms with Gasteiger partial charge in [0.1, 0.15) is 0 Å². The maximum Gasteiger partial charge on any atom is 0.357 e. The summed E-state index contributed by atoms with van der Waals surface area (Å²) in [4.78, 5) is 37.8. The maximum absolute atomic E-state index is 12.2. The van der Waals surface area contributed by atoms with Crippen LogP contribution in [0.1, 0.15) is 32.2 Å². The van der Waals surface area contributed by atoms with Crippen molar-refractivity contribution in [3.63, 3.8) is 0 Å². The molecule has 8 heteroatoms. The number of carbonyl (C=O) groups is 2. The van der Waals surface area contributed by atoms with Crippen molar-refractivity contribution < 1.29 is 19.1 Å². The van der Waals surface area contributed by atoms with Crippen molar-refractivity contribution in [1.29, 1.82) is 0 Å². The van der Waals surface area contributed by atoms with Gasteiger partial charge in [0.25, 0.3) is 0 Å². The zero-order valence-electron chi connectivity index (χ0n) is 14.2. The number of nitrogens with one attached hydrogen (secondary N) is 1. The van der Waals surface area contributed by atoms with Gasteiger partial charge in [-0.05, 0) is 26.0 Å². The highest BCUT2D eigenvalue weighted by Crippen LogP contribution is 2.12. The van der Waals surface area contributed by atoms with Gasteiger partial charge in [-0.25, -0.2) is 14.8 Å². The lowest BCUT2D eigenvalue weighted by Gasteiger charge is -2.26. The van der Waals surface area contributed by atoms with E-state index in [1.807, 2.05) is 11.8 Å². The molecule has 8 nitrogen and oxygen atoms in total. The molecule has 0 aromatic carbocycles. The monoisotopic (exact) mass is 344 g/mol. The summed E-state index contributed by atoms with van der Waals surface area (Å²) < 4.78 is 10.4. The molecule has 3 heterocycles. The highest BCUT2D eigenvalue weighted by atomic mass is 16.5. The van der Waals surface area contributed by atoms with Gasteiger partial charge in [0.05, 0.1) is 13.2 Å². The first-order valence-electron chi connectivity index (χ1n) is 8.07. The molecular weight excluding hydrogens is 324 g/mol. The van der Waals surface area contributed by atoms with Crippen molar-refractivity contribution in [3.8, 4) is 0 Å². The Balaban J connectivity index is 1.63. The molecule has 1 N–H and O–H groups in total. The Morgan fingerprint density at radius 2 is 2.08 bits per heavy atom. The van der Waals surface area contributed by atoms with E-state index in [4.69, 9.17) is 9.47 Å². The van der Waals surface area contributed by atoms with Gasteiger partial charge in [-0.1, -0.05) is 0 Å². The highest BCUT2D eigenvalue weighted by molar-refractivity contribution is 6.00. The molecule has 0 radical (unpaired) electrons. The molecule has 1 saturated heterocycles. The van der Waals surface area contributed by atoms with E-state index in [1.54, 1.807) is 13.0 Å². The van der Waals surface area contributed by atoms with Gasteiger partial charge in [-0.3, -0.25) is 4.79 Å². The first-order chi connectivity index (χ1) is 12.0. The number of aromatic nitrogens is 3. The molecule has 132 valence electrons. The molecule has 2 aromatic heterocycles. The van der Waals surface area contributed by atoms with Crippen LogP contribution in [0.3, 0.4) is 0 Å². The Morgan fingerprint density at radius 1 is 1.32 bits per heavy atom. The Bertz CT molecular complexity index is 781. The fraction of sp³-hybridized carbons (Fsp3) is 0.412. The Hall–Kier alpha value is -2.74. The van der Waals surface area contributed by atoms with Crippen LogP contribution in [0, 0.1) is 13.8 Å². The van der Waals surface area contributed by atoms with Crippen LogP contribution < -0.4 is 4.90 Å². The third kappa shape index (κ3) is 4.03. The number of esters is 1. The summed E-state index contributed by atoms with van der Waals surface area (Å²) in [5.41, 5.74) is 2.31. The molecule has 1 fully saturated rings. The number of ether oxygens (including phenoxy) is 2. The normalized spacial score (nSPS) is 14.4. The molecule has 0 unspecified atom stereocenters. The molecule has 2 aromatic rings. The molecule has 0 amide bonds. The summed E-state index contributed by atoms with van der Waals surface area (Å²) in [5, 5.41) is 0. The zero-order chi connectivity index (χ0) is 17.8. The molecule has 0 saturated carbocycles. The maximum atomic E-state index is 12.2. The minimum absolute atomic E-state index is 0.131. The van der Waals surface area contributed by atoms with Crippen molar-refractivity contribution >= 4 is 17.7 Å². The average Bonchev–Trinajstić information content (AvgIpc) is 2.98. The Labute approximate surface area is 145 Å². The number of Topliss-reactive ketones (excluding diaryl/α,β-unsaturated/α-hetero) is 1. The van der Waals surface area contributed by atoms with E-state index in [1.165, 1.54) is 12.3 Å². The summed E-state index contributed by atoms with van der Waals surface area (Å²) in [5.74, 6) is -0.436. The number of anilines is 1. The average molecular weight is 344 g/mol. The molecule has 0 aliphatic carbocycles. The third-order valence-corrected chi connectivity index (χ3v) is 3.93. The Morgan fingerprint density at radius 3 is 2.76 bits per heavy atom. The number of hydrogen-bond acceptors (Lipinski definition) is 7. The van der Waals surface area contributed by atoms with Crippen molar-refractivity contribution in [1.82, 2.24) is 15.0 Å². The predicted molar refractivity (Wildman–Crippen MR) is 89.9 cm³/mol. The summed E-state index contributed by atoms with van der Waals surface area (Å²) in [7, 11) is 0. The van der Waals surface area contributed by atoms with Crippen molar-refractivity contribution in [3.05, 3.63) is 41.0 Å². The van der Waals surface area contributed by atoms with Crippen LogP contribution in [0.4, 0.5) is 5.95 Å². The number of ketones is 1. The smallest absolute Gasteiger partial charge is 0.357 e. The molecular formula is C17H20N4O4. The number of nitrogens with zero attached hydrogens (tertiary/aromatic N) is 3. The van der Waals surface area contributed by atoms with Gasteiger partial charge in [0.2, 0.25) is 11.7 Å². The first kappa shape index (κ1) is 17.1. The summed E-state index contributed by atoms with van der Waals surface area (Å²) >= 11 is 0. The van der Waals surface area contributed by atoms with Crippen LogP contribution in [0.25, 0.3) is 0 Å². The largest absolute Gasteiger partial charge is 0.453 e.